The third-order valence-corrected chi connectivity index (χ3v) is 0.793. The van der Waals surface area contributed by atoms with Crippen molar-refractivity contribution < 1.29 is 14.6 Å². The maximum absolute atomic E-state index is 9.81. The van der Waals surface area contributed by atoms with Crippen molar-refractivity contribution in [3.8, 4) is 0 Å². The Bertz CT molecular complexity index is 69.3. The Labute approximate surface area is 62.0 Å². The summed E-state index contributed by atoms with van der Waals surface area (Å²) in [6, 6.07) is 0. The first-order chi connectivity index (χ1) is 4.68. The predicted octanol–water partition coefficient (Wildman–Crippen LogP) is 0.611. The first-order valence-corrected chi connectivity index (χ1v) is 3.28. The summed E-state index contributed by atoms with van der Waals surface area (Å²) in [6.07, 6.45) is 0.667. The molecule has 10 heavy (non-hydrogen) atoms. The van der Waals surface area contributed by atoms with Crippen molar-refractivity contribution in [1.82, 2.24) is 0 Å². The number of aliphatic hydroxyl groups excluding tert-OH is 1. The molecular formula is C7H16O3. The fourth-order valence-corrected chi connectivity index (χ4v) is 0.0913. The maximum Gasteiger partial charge on any atom is 0.129 e. The van der Waals surface area contributed by atoms with E-state index in [9.17, 15) is 4.79 Å². The second kappa shape index (κ2) is 11.4. The number of carbonyl (C=O) groups excluding carboxylic acids is 1. The van der Waals surface area contributed by atoms with E-state index in [1.807, 2.05) is 6.92 Å². The van der Waals surface area contributed by atoms with Crippen molar-refractivity contribution >= 4 is 5.78 Å². The third kappa shape index (κ3) is 25.6. The van der Waals surface area contributed by atoms with Crippen molar-refractivity contribution in [1.29, 1.82) is 0 Å². The number of Topliss-reactive ketones (excluding diaryl/α,β-unsaturated/α-hetero) is 1. The standard InChI is InChI=1S/C4H8O.C3H8O2/c1-3-4(2)5;1-5-3-2-4/h3H2,1-2H3;4H,2-3H2,1H3. The summed E-state index contributed by atoms with van der Waals surface area (Å²) in [7, 11) is 1.55. The van der Waals surface area contributed by atoms with Gasteiger partial charge in [0.25, 0.3) is 0 Å². The van der Waals surface area contributed by atoms with Crippen molar-refractivity contribution in [2.24, 2.45) is 0 Å². The Kier molecular flexibility index (Phi) is 14.0. The largest absolute Gasteiger partial charge is 0.394 e. The Morgan fingerprint density at radius 3 is 2.00 bits per heavy atom. The van der Waals surface area contributed by atoms with Crippen LogP contribution in [0.15, 0.2) is 0 Å². The zero-order valence-electron chi connectivity index (χ0n) is 6.89. The summed E-state index contributed by atoms with van der Waals surface area (Å²) in [4.78, 5) is 9.81. The van der Waals surface area contributed by atoms with E-state index in [2.05, 4.69) is 4.74 Å². The van der Waals surface area contributed by atoms with Gasteiger partial charge in [-0.2, -0.15) is 0 Å². The highest BCUT2D eigenvalue weighted by atomic mass is 16.5. The lowest BCUT2D eigenvalue weighted by Crippen LogP contribution is -1.91. The molecule has 0 saturated heterocycles. The molecule has 0 atom stereocenters. The number of rotatable bonds is 3. The molecule has 0 aliphatic heterocycles. The van der Waals surface area contributed by atoms with Crippen molar-refractivity contribution in [3.63, 3.8) is 0 Å². The van der Waals surface area contributed by atoms with Crippen LogP contribution in [0.4, 0.5) is 0 Å². The van der Waals surface area contributed by atoms with Gasteiger partial charge in [-0.15, -0.1) is 0 Å². The highest BCUT2D eigenvalue weighted by molar-refractivity contribution is 5.74. The first-order valence-electron chi connectivity index (χ1n) is 3.28. The SMILES string of the molecule is CCC(C)=O.COCCO. The number of ether oxygens (including phenoxy) is 1. The molecule has 0 bridgehead atoms. The number of hydrogen-bond acceptors (Lipinski definition) is 3. The number of methoxy groups -OCH3 is 1. The van der Waals surface area contributed by atoms with E-state index < -0.39 is 0 Å². The molecule has 3 nitrogen and oxygen atoms in total. The lowest BCUT2D eigenvalue weighted by molar-refractivity contribution is -0.116. The summed E-state index contributed by atoms with van der Waals surface area (Å²) < 4.78 is 4.44. The maximum atomic E-state index is 9.81. The molecule has 0 aromatic carbocycles. The Hall–Kier alpha value is -0.410. The van der Waals surface area contributed by atoms with Gasteiger partial charge < -0.3 is 14.6 Å². The topological polar surface area (TPSA) is 46.5 Å². The predicted molar refractivity (Wildman–Crippen MR) is 39.9 cm³/mol. The molecule has 0 aliphatic carbocycles. The van der Waals surface area contributed by atoms with Crippen LogP contribution in [0.25, 0.3) is 0 Å². The van der Waals surface area contributed by atoms with Crippen LogP contribution in [-0.4, -0.2) is 31.2 Å². The van der Waals surface area contributed by atoms with Crippen LogP contribution in [0, 0.1) is 0 Å². The molecule has 0 saturated carbocycles. The van der Waals surface area contributed by atoms with Gasteiger partial charge in [-0.3, -0.25) is 0 Å². The quantitative estimate of drug-likeness (QED) is 0.638. The molecule has 0 amide bonds. The molecule has 0 heterocycles. The monoisotopic (exact) mass is 148 g/mol. The van der Waals surface area contributed by atoms with E-state index in [4.69, 9.17) is 5.11 Å². The number of ketones is 1. The van der Waals surface area contributed by atoms with Gasteiger partial charge in [0.15, 0.2) is 0 Å². The number of aliphatic hydroxyl groups is 1. The zero-order valence-corrected chi connectivity index (χ0v) is 6.89. The Morgan fingerprint density at radius 1 is 1.60 bits per heavy atom. The average molecular weight is 148 g/mol. The van der Waals surface area contributed by atoms with Crippen molar-refractivity contribution in [2.75, 3.05) is 20.3 Å². The summed E-state index contributed by atoms with van der Waals surface area (Å²) >= 11 is 0. The lowest BCUT2D eigenvalue weighted by Gasteiger charge is -1.84. The molecule has 0 fully saturated rings. The van der Waals surface area contributed by atoms with Crippen molar-refractivity contribution in [2.45, 2.75) is 20.3 Å². The summed E-state index contributed by atoms with van der Waals surface area (Å²) in [6.45, 7) is 4.00. The van der Waals surface area contributed by atoms with Gasteiger partial charge in [0, 0.05) is 13.5 Å². The molecule has 3 heteroatoms. The molecule has 0 unspecified atom stereocenters. The highest BCUT2D eigenvalue weighted by Crippen LogP contribution is 1.71. The molecule has 0 spiro atoms. The van der Waals surface area contributed by atoms with E-state index in [-0.39, 0.29) is 12.4 Å². The normalized spacial score (nSPS) is 8.00. The Morgan fingerprint density at radius 2 is 2.00 bits per heavy atom. The highest BCUT2D eigenvalue weighted by Gasteiger charge is 1.76. The van der Waals surface area contributed by atoms with Gasteiger partial charge in [0.05, 0.1) is 13.2 Å². The van der Waals surface area contributed by atoms with Crippen LogP contribution in [0.3, 0.4) is 0 Å². The van der Waals surface area contributed by atoms with Gasteiger partial charge in [-0.05, 0) is 6.92 Å². The van der Waals surface area contributed by atoms with Gasteiger partial charge in [0.1, 0.15) is 5.78 Å². The zero-order chi connectivity index (χ0) is 8.41. The van der Waals surface area contributed by atoms with E-state index in [1.54, 1.807) is 14.0 Å². The van der Waals surface area contributed by atoms with Gasteiger partial charge in [-0.25, -0.2) is 0 Å². The van der Waals surface area contributed by atoms with Crippen LogP contribution in [0.5, 0.6) is 0 Å². The van der Waals surface area contributed by atoms with E-state index in [0.29, 0.717) is 13.0 Å². The van der Waals surface area contributed by atoms with Crippen LogP contribution in [-0.2, 0) is 9.53 Å². The van der Waals surface area contributed by atoms with E-state index >= 15 is 0 Å². The molecule has 0 aliphatic rings. The second-order valence-electron chi connectivity index (χ2n) is 1.77. The van der Waals surface area contributed by atoms with Gasteiger partial charge in [-0.1, -0.05) is 6.92 Å². The molecule has 1 N–H and O–H groups in total. The molecule has 0 aromatic heterocycles. The van der Waals surface area contributed by atoms with Gasteiger partial charge >= 0.3 is 0 Å². The van der Waals surface area contributed by atoms with E-state index in [0.717, 1.165) is 0 Å². The van der Waals surface area contributed by atoms with Crippen LogP contribution >= 0.6 is 0 Å². The fraction of sp³-hybridized carbons (Fsp3) is 0.857. The molecular weight excluding hydrogens is 132 g/mol. The smallest absolute Gasteiger partial charge is 0.129 e. The first kappa shape index (κ1) is 12.3. The number of carbonyl (C=O) groups is 1. The lowest BCUT2D eigenvalue weighted by atomic mass is 10.4. The minimum Gasteiger partial charge on any atom is -0.394 e. The van der Waals surface area contributed by atoms with Crippen LogP contribution in [0.2, 0.25) is 0 Å². The van der Waals surface area contributed by atoms with Crippen molar-refractivity contribution in [3.05, 3.63) is 0 Å². The minimum atomic E-state index is 0.122. The molecule has 0 rings (SSSR count). The molecule has 0 aromatic rings. The number of hydrogen-bond donors (Lipinski definition) is 1. The van der Waals surface area contributed by atoms with Gasteiger partial charge in [0.2, 0.25) is 0 Å². The molecule has 0 radical (unpaired) electrons. The summed E-state index contributed by atoms with van der Waals surface area (Å²) in [5.74, 6) is 0.255. The average Bonchev–Trinajstić information content (AvgIpc) is 1.91. The molecule has 62 valence electrons. The summed E-state index contributed by atoms with van der Waals surface area (Å²) in [5, 5.41) is 7.94. The summed E-state index contributed by atoms with van der Waals surface area (Å²) in [5.41, 5.74) is 0. The minimum absolute atomic E-state index is 0.122. The van der Waals surface area contributed by atoms with Crippen LogP contribution in [0.1, 0.15) is 20.3 Å². The third-order valence-electron chi connectivity index (χ3n) is 0.793. The Balaban J connectivity index is 0. The van der Waals surface area contributed by atoms with E-state index in [1.165, 1.54) is 0 Å². The fourth-order valence-electron chi connectivity index (χ4n) is 0.0913. The van der Waals surface area contributed by atoms with Crippen LogP contribution < -0.4 is 0 Å². The second-order valence-corrected chi connectivity index (χ2v) is 1.77.